The van der Waals surface area contributed by atoms with Crippen LogP contribution in [0.1, 0.15) is 19.8 Å². The van der Waals surface area contributed by atoms with Crippen LogP contribution in [-0.2, 0) is 4.79 Å². The first-order chi connectivity index (χ1) is 10.6. The van der Waals surface area contributed by atoms with Gasteiger partial charge >= 0.3 is 0 Å². The van der Waals surface area contributed by atoms with E-state index in [1.165, 1.54) is 0 Å². The van der Waals surface area contributed by atoms with Crippen molar-refractivity contribution in [3.05, 3.63) is 24.3 Å². The summed E-state index contributed by atoms with van der Waals surface area (Å²) >= 11 is 0. The predicted molar refractivity (Wildman–Crippen MR) is 87.0 cm³/mol. The van der Waals surface area contributed by atoms with Crippen LogP contribution in [0.5, 0.6) is 0 Å². The molecule has 0 bridgehead atoms. The van der Waals surface area contributed by atoms with Crippen molar-refractivity contribution in [1.82, 2.24) is 9.97 Å². The van der Waals surface area contributed by atoms with Crippen molar-refractivity contribution < 1.29 is 4.79 Å². The molecule has 2 aromatic rings. The van der Waals surface area contributed by atoms with Crippen LogP contribution < -0.4 is 9.80 Å². The molecule has 1 amide bonds. The zero-order chi connectivity index (χ0) is 15.3. The molecule has 1 fully saturated rings. The Hall–Kier alpha value is -2.17. The summed E-state index contributed by atoms with van der Waals surface area (Å²) in [5.74, 6) is 2.43. The molecular formula is C17H20N4O. The molecule has 0 radical (unpaired) electrons. The first-order valence-electron chi connectivity index (χ1n) is 7.94. The molecule has 0 saturated heterocycles. The molecule has 0 spiro atoms. The van der Waals surface area contributed by atoms with E-state index in [0.717, 1.165) is 48.6 Å². The molecule has 1 saturated carbocycles. The second kappa shape index (κ2) is 4.93. The van der Waals surface area contributed by atoms with E-state index in [1.54, 1.807) is 0 Å². The Kier molecular flexibility index (Phi) is 3.03. The summed E-state index contributed by atoms with van der Waals surface area (Å²) < 4.78 is 0. The molecular weight excluding hydrogens is 276 g/mol. The number of para-hydroxylation sites is 2. The molecule has 1 aliphatic heterocycles. The summed E-state index contributed by atoms with van der Waals surface area (Å²) in [7, 11) is 2.02. The summed E-state index contributed by atoms with van der Waals surface area (Å²) in [6, 6.07) is 7.85. The Morgan fingerprint density at radius 3 is 2.41 bits per heavy atom. The van der Waals surface area contributed by atoms with E-state index in [-0.39, 0.29) is 11.8 Å². The van der Waals surface area contributed by atoms with Crippen molar-refractivity contribution >= 4 is 28.6 Å². The lowest BCUT2D eigenvalue weighted by Gasteiger charge is -2.23. The number of carbonyl (C=O) groups excluding carboxylic acids is 1. The fourth-order valence-corrected chi connectivity index (χ4v) is 3.18. The third-order valence-electron chi connectivity index (χ3n) is 4.72. The van der Waals surface area contributed by atoms with Crippen LogP contribution in [0.2, 0.25) is 0 Å². The average molecular weight is 296 g/mol. The Bertz CT molecular complexity index is 745. The second-order valence-corrected chi connectivity index (χ2v) is 6.44. The molecule has 1 aromatic heterocycles. The number of amides is 1. The lowest BCUT2D eigenvalue weighted by Crippen LogP contribution is -2.34. The molecule has 0 unspecified atom stereocenters. The normalized spacial score (nSPS) is 24.1. The molecule has 22 heavy (non-hydrogen) atoms. The zero-order valence-electron chi connectivity index (χ0n) is 13.0. The monoisotopic (exact) mass is 296 g/mol. The lowest BCUT2D eigenvalue weighted by atomic mass is 10.2. The van der Waals surface area contributed by atoms with E-state index in [4.69, 9.17) is 9.97 Å². The molecule has 4 rings (SSSR count). The van der Waals surface area contributed by atoms with Gasteiger partial charge in [0.2, 0.25) is 5.91 Å². The van der Waals surface area contributed by atoms with Gasteiger partial charge in [0.05, 0.1) is 11.0 Å². The number of aromatic nitrogens is 2. The summed E-state index contributed by atoms with van der Waals surface area (Å²) in [6.45, 7) is 3.76. The molecule has 5 nitrogen and oxygen atoms in total. The van der Waals surface area contributed by atoms with Crippen LogP contribution in [0.15, 0.2) is 24.3 Å². The van der Waals surface area contributed by atoms with Crippen LogP contribution in [-0.4, -0.2) is 36.0 Å². The van der Waals surface area contributed by atoms with E-state index in [2.05, 4.69) is 11.8 Å². The molecule has 1 aliphatic carbocycles. The Labute approximate surface area is 130 Å². The van der Waals surface area contributed by atoms with Gasteiger partial charge in [-0.25, -0.2) is 9.97 Å². The summed E-state index contributed by atoms with van der Waals surface area (Å²) in [5, 5.41) is 0. The van der Waals surface area contributed by atoms with Gasteiger partial charge in [0.1, 0.15) is 0 Å². The van der Waals surface area contributed by atoms with Crippen molar-refractivity contribution in [3.8, 4) is 0 Å². The van der Waals surface area contributed by atoms with Crippen LogP contribution in [0.25, 0.3) is 11.0 Å². The van der Waals surface area contributed by atoms with E-state index in [9.17, 15) is 4.79 Å². The topological polar surface area (TPSA) is 49.3 Å². The van der Waals surface area contributed by atoms with E-state index in [1.807, 2.05) is 36.2 Å². The zero-order valence-corrected chi connectivity index (χ0v) is 13.0. The molecule has 2 heterocycles. The minimum absolute atomic E-state index is 0.171. The molecule has 0 N–H and O–H groups in total. The highest BCUT2D eigenvalue weighted by molar-refractivity contribution is 5.99. The molecule has 114 valence electrons. The Morgan fingerprint density at radius 2 is 1.77 bits per heavy atom. The third-order valence-corrected chi connectivity index (χ3v) is 4.72. The number of benzene rings is 1. The van der Waals surface area contributed by atoms with Gasteiger partial charge in [0.15, 0.2) is 11.6 Å². The largest absolute Gasteiger partial charge is 0.357 e. The van der Waals surface area contributed by atoms with E-state index in [0.29, 0.717) is 5.92 Å². The van der Waals surface area contributed by atoms with Crippen molar-refractivity contribution in [2.24, 2.45) is 11.8 Å². The van der Waals surface area contributed by atoms with Gasteiger partial charge in [0, 0.05) is 26.1 Å². The number of hydrogen-bond donors (Lipinski definition) is 0. The fourth-order valence-electron chi connectivity index (χ4n) is 3.18. The van der Waals surface area contributed by atoms with Gasteiger partial charge in [0.25, 0.3) is 0 Å². The summed E-state index contributed by atoms with van der Waals surface area (Å²) in [6.07, 6.45) is 1.94. The highest BCUT2D eigenvalue weighted by atomic mass is 16.2. The maximum absolute atomic E-state index is 12.8. The van der Waals surface area contributed by atoms with Gasteiger partial charge in [-0.05, 0) is 30.9 Å². The minimum Gasteiger partial charge on any atom is -0.357 e. The molecule has 5 heteroatoms. The average Bonchev–Trinajstić information content (AvgIpc) is 3.28. The predicted octanol–water partition coefficient (Wildman–Crippen LogP) is 2.46. The van der Waals surface area contributed by atoms with Gasteiger partial charge in [-0.2, -0.15) is 0 Å². The third kappa shape index (κ3) is 2.12. The number of nitrogens with zero attached hydrogens (tertiary/aromatic N) is 4. The van der Waals surface area contributed by atoms with Crippen LogP contribution >= 0.6 is 0 Å². The van der Waals surface area contributed by atoms with Gasteiger partial charge in [-0.3, -0.25) is 9.69 Å². The first kappa shape index (κ1) is 13.5. The van der Waals surface area contributed by atoms with Gasteiger partial charge < -0.3 is 4.90 Å². The van der Waals surface area contributed by atoms with Crippen molar-refractivity contribution in [3.63, 3.8) is 0 Å². The molecule has 1 aromatic carbocycles. The summed E-state index contributed by atoms with van der Waals surface area (Å²) in [5.41, 5.74) is 1.72. The van der Waals surface area contributed by atoms with Crippen molar-refractivity contribution in [2.45, 2.75) is 19.8 Å². The lowest BCUT2D eigenvalue weighted by molar-refractivity contribution is -0.120. The van der Waals surface area contributed by atoms with Crippen LogP contribution in [0, 0.1) is 11.8 Å². The SMILES string of the molecule is C[C@@H]1C[C@H]1C(=O)N1CCCN(C)c2nc3ccccc3nc21. The van der Waals surface area contributed by atoms with E-state index >= 15 is 0 Å². The quantitative estimate of drug-likeness (QED) is 0.811. The highest BCUT2D eigenvalue weighted by Gasteiger charge is 2.43. The van der Waals surface area contributed by atoms with Gasteiger partial charge in [-0.1, -0.05) is 19.1 Å². The molecule has 2 atom stereocenters. The number of carbonyl (C=O) groups is 1. The number of rotatable bonds is 1. The van der Waals surface area contributed by atoms with Crippen LogP contribution in [0.4, 0.5) is 11.6 Å². The molecule has 2 aliphatic rings. The maximum Gasteiger partial charge on any atom is 0.231 e. The van der Waals surface area contributed by atoms with Crippen molar-refractivity contribution in [2.75, 3.05) is 29.9 Å². The minimum atomic E-state index is 0.171. The standard InChI is InChI=1S/C17H20N4O/c1-11-10-12(11)17(22)21-9-5-8-20(2)15-16(21)19-14-7-4-3-6-13(14)18-15/h3-4,6-7,11-12H,5,8-10H2,1-2H3/t11-,12-/m1/s1. The number of anilines is 2. The fraction of sp³-hybridized carbons (Fsp3) is 0.471. The second-order valence-electron chi connectivity index (χ2n) is 6.44. The maximum atomic E-state index is 12.8. The number of fused-ring (bicyclic) bond motifs is 2. The smallest absolute Gasteiger partial charge is 0.231 e. The Balaban J connectivity index is 1.84. The van der Waals surface area contributed by atoms with Gasteiger partial charge in [-0.15, -0.1) is 0 Å². The summed E-state index contributed by atoms with van der Waals surface area (Å²) in [4.78, 5) is 26.3. The van der Waals surface area contributed by atoms with Crippen molar-refractivity contribution in [1.29, 1.82) is 0 Å². The first-order valence-corrected chi connectivity index (χ1v) is 7.94. The van der Waals surface area contributed by atoms with Crippen LogP contribution in [0.3, 0.4) is 0 Å². The number of hydrogen-bond acceptors (Lipinski definition) is 4. The Morgan fingerprint density at radius 1 is 1.14 bits per heavy atom. The highest BCUT2D eigenvalue weighted by Crippen LogP contribution is 2.41. The van der Waals surface area contributed by atoms with E-state index < -0.39 is 0 Å².